The molecule has 2 N–H and O–H groups in total. The van der Waals surface area contributed by atoms with E-state index in [1.807, 2.05) is 43.3 Å². The molecule has 130 valence electrons. The molecule has 6 heteroatoms. The molecule has 1 atom stereocenters. The molecule has 0 aliphatic heterocycles. The van der Waals surface area contributed by atoms with Crippen molar-refractivity contribution in [1.29, 1.82) is 0 Å². The molecule has 0 fully saturated rings. The zero-order valence-electron chi connectivity index (χ0n) is 14.5. The number of benzene rings is 1. The molecule has 0 saturated heterocycles. The fourth-order valence-electron chi connectivity index (χ4n) is 2.24. The second-order valence-electron chi connectivity index (χ2n) is 6.07. The first-order valence-corrected chi connectivity index (χ1v) is 8.11. The standard InChI is InChI=1S/C18H25N3O3/c1-13(22)8-11-24-17-12-15(18(23)19-9-10-21(2)3)14-6-4-5-7-16(14)20-17/h4-7,12-13,22H,8-11H2,1-3H3,(H,19,23). The van der Waals surface area contributed by atoms with E-state index in [4.69, 9.17) is 4.74 Å². The minimum Gasteiger partial charge on any atom is -0.478 e. The van der Waals surface area contributed by atoms with Crippen LogP contribution >= 0.6 is 0 Å². The Morgan fingerprint density at radius 1 is 1.38 bits per heavy atom. The molecule has 0 aliphatic carbocycles. The van der Waals surface area contributed by atoms with Crippen LogP contribution in [0.15, 0.2) is 30.3 Å². The number of ether oxygens (including phenoxy) is 1. The third kappa shape index (κ3) is 5.18. The van der Waals surface area contributed by atoms with Crippen molar-refractivity contribution < 1.29 is 14.6 Å². The molecular formula is C18H25N3O3. The van der Waals surface area contributed by atoms with Gasteiger partial charge in [0.1, 0.15) is 0 Å². The maximum Gasteiger partial charge on any atom is 0.252 e. The van der Waals surface area contributed by atoms with E-state index in [1.54, 1.807) is 13.0 Å². The summed E-state index contributed by atoms with van der Waals surface area (Å²) < 4.78 is 5.60. The monoisotopic (exact) mass is 331 g/mol. The summed E-state index contributed by atoms with van der Waals surface area (Å²) in [6.45, 7) is 3.40. The Morgan fingerprint density at radius 2 is 2.12 bits per heavy atom. The maximum atomic E-state index is 12.5. The largest absolute Gasteiger partial charge is 0.478 e. The SMILES string of the molecule is CC(O)CCOc1cc(C(=O)NCCN(C)C)c2ccccc2n1. The van der Waals surface area contributed by atoms with Crippen LogP contribution in [0.5, 0.6) is 5.88 Å². The number of carbonyl (C=O) groups excluding carboxylic acids is 1. The number of hydrogen-bond acceptors (Lipinski definition) is 5. The number of fused-ring (bicyclic) bond motifs is 1. The summed E-state index contributed by atoms with van der Waals surface area (Å²) >= 11 is 0. The molecule has 1 aromatic carbocycles. The van der Waals surface area contributed by atoms with Gasteiger partial charge in [0.2, 0.25) is 5.88 Å². The number of aromatic nitrogens is 1. The fourth-order valence-corrected chi connectivity index (χ4v) is 2.24. The lowest BCUT2D eigenvalue weighted by atomic mass is 10.1. The van der Waals surface area contributed by atoms with Crippen LogP contribution in [0, 0.1) is 0 Å². The Balaban J connectivity index is 2.20. The Bertz CT molecular complexity index is 686. The molecular weight excluding hydrogens is 306 g/mol. The van der Waals surface area contributed by atoms with E-state index < -0.39 is 6.10 Å². The topological polar surface area (TPSA) is 74.7 Å². The minimum atomic E-state index is -0.431. The fraction of sp³-hybridized carbons (Fsp3) is 0.444. The first-order valence-electron chi connectivity index (χ1n) is 8.11. The number of amides is 1. The van der Waals surface area contributed by atoms with Crippen molar-refractivity contribution >= 4 is 16.8 Å². The number of likely N-dealkylation sites (N-methyl/N-ethyl adjacent to an activating group) is 1. The van der Waals surface area contributed by atoms with Gasteiger partial charge in [-0.05, 0) is 27.1 Å². The maximum absolute atomic E-state index is 12.5. The summed E-state index contributed by atoms with van der Waals surface area (Å²) in [5.74, 6) is 0.253. The molecule has 6 nitrogen and oxygen atoms in total. The molecule has 1 heterocycles. The highest BCUT2D eigenvalue weighted by molar-refractivity contribution is 6.06. The Morgan fingerprint density at radius 3 is 2.83 bits per heavy atom. The first kappa shape index (κ1) is 18.2. The van der Waals surface area contributed by atoms with Crippen LogP contribution in [0.25, 0.3) is 10.9 Å². The number of para-hydroxylation sites is 1. The van der Waals surface area contributed by atoms with Crippen molar-refractivity contribution in [2.24, 2.45) is 0 Å². The van der Waals surface area contributed by atoms with Crippen LogP contribution in [-0.4, -0.2) is 60.8 Å². The Hall–Kier alpha value is -2.18. The molecule has 0 spiro atoms. The lowest BCUT2D eigenvalue weighted by Crippen LogP contribution is -2.31. The zero-order valence-corrected chi connectivity index (χ0v) is 14.5. The van der Waals surface area contributed by atoms with Crippen LogP contribution in [0.1, 0.15) is 23.7 Å². The van der Waals surface area contributed by atoms with Gasteiger partial charge in [-0.15, -0.1) is 0 Å². The van der Waals surface area contributed by atoms with Crippen molar-refractivity contribution in [2.75, 3.05) is 33.8 Å². The quantitative estimate of drug-likeness (QED) is 0.770. The van der Waals surface area contributed by atoms with Crippen molar-refractivity contribution in [3.8, 4) is 5.88 Å². The first-order chi connectivity index (χ1) is 11.5. The lowest BCUT2D eigenvalue weighted by molar-refractivity contribution is 0.0951. The molecule has 0 radical (unpaired) electrons. The number of carbonyl (C=O) groups is 1. The van der Waals surface area contributed by atoms with Crippen molar-refractivity contribution in [1.82, 2.24) is 15.2 Å². The van der Waals surface area contributed by atoms with Crippen LogP contribution in [0.3, 0.4) is 0 Å². The number of aliphatic hydroxyl groups excluding tert-OH is 1. The second-order valence-corrected chi connectivity index (χ2v) is 6.07. The van der Waals surface area contributed by atoms with E-state index in [2.05, 4.69) is 10.3 Å². The van der Waals surface area contributed by atoms with Crippen LogP contribution in [0.4, 0.5) is 0 Å². The smallest absolute Gasteiger partial charge is 0.252 e. The van der Waals surface area contributed by atoms with E-state index in [1.165, 1.54) is 0 Å². The number of rotatable bonds is 8. The number of hydrogen-bond donors (Lipinski definition) is 2. The Labute approximate surface area is 142 Å². The van der Waals surface area contributed by atoms with Crippen molar-refractivity contribution in [2.45, 2.75) is 19.4 Å². The molecule has 2 rings (SSSR count). The lowest BCUT2D eigenvalue weighted by Gasteiger charge is -2.13. The predicted octanol–water partition coefficient (Wildman–Crippen LogP) is 1.68. The van der Waals surface area contributed by atoms with Gasteiger partial charge in [0, 0.05) is 31.0 Å². The van der Waals surface area contributed by atoms with E-state index >= 15 is 0 Å². The molecule has 2 aromatic rings. The van der Waals surface area contributed by atoms with Gasteiger partial charge >= 0.3 is 0 Å². The van der Waals surface area contributed by atoms with E-state index in [0.717, 1.165) is 11.9 Å². The molecule has 24 heavy (non-hydrogen) atoms. The number of nitrogens with one attached hydrogen (secondary N) is 1. The van der Waals surface area contributed by atoms with E-state index in [-0.39, 0.29) is 5.91 Å². The average Bonchev–Trinajstić information content (AvgIpc) is 2.53. The van der Waals surface area contributed by atoms with Gasteiger partial charge in [-0.2, -0.15) is 0 Å². The summed E-state index contributed by atoms with van der Waals surface area (Å²) in [5.41, 5.74) is 1.26. The molecule has 1 amide bonds. The van der Waals surface area contributed by atoms with Gasteiger partial charge in [0.25, 0.3) is 5.91 Å². The van der Waals surface area contributed by atoms with Gasteiger partial charge < -0.3 is 20.1 Å². The summed E-state index contributed by atoms with van der Waals surface area (Å²) in [7, 11) is 3.92. The highest BCUT2D eigenvalue weighted by Gasteiger charge is 2.13. The normalized spacial score (nSPS) is 12.4. The second kappa shape index (κ2) is 8.61. The summed E-state index contributed by atoms with van der Waals surface area (Å²) in [5, 5.41) is 13.0. The highest BCUT2D eigenvalue weighted by atomic mass is 16.5. The molecule has 0 bridgehead atoms. The van der Waals surface area contributed by atoms with Gasteiger partial charge in [-0.25, -0.2) is 4.98 Å². The van der Waals surface area contributed by atoms with Gasteiger partial charge in [-0.1, -0.05) is 18.2 Å². The highest BCUT2D eigenvalue weighted by Crippen LogP contribution is 2.22. The molecule has 0 aliphatic rings. The number of aliphatic hydroxyl groups is 1. The van der Waals surface area contributed by atoms with E-state index in [0.29, 0.717) is 36.5 Å². The van der Waals surface area contributed by atoms with Crippen LogP contribution in [0.2, 0.25) is 0 Å². The third-order valence-corrected chi connectivity index (χ3v) is 3.57. The van der Waals surface area contributed by atoms with Crippen molar-refractivity contribution in [3.05, 3.63) is 35.9 Å². The Kier molecular flexibility index (Phi) is 6.52. The van der Waals surface area contributed by atoms with Crippen LogP contribution < -0.4 is 10.1 Å². The third-order valence-electron chi connectivity index (χ3n) is 3.57. The number of nitrogens with zero attached hydrogens (tertiary/aromatic N) is 2. The average molecular weight is 331 g/mol. The summed E-state index contributed by atoms with van der Waals surface area (Å²) in [4.78, 5) is 19.0. The zero-order chi connectivity index (χ0) is 17.5. The summed E-state index contributed by atoms with van der Waals surface area (Å²) in [6.07, 6.45) is 0.0815. The minimum absolute atomic E-state index is 0.143. The van der Waals surface area contributed by atoms with Crippen molar-refractivity contribution in [3.63, 3.8) is 0 Å². The molecule has 1 unspecified atom stereocenters. The summed E-state index contributed by atoms with van der Waals surface area (Å²) in [6, 6.07) is 9.16. The molecule has 1 aromatic heterocycles. The van der Waals surface area contributed by atoms with Gasteiger partial charge in [0.05, 0.1) is 23.8 Å². The number of pyridine rings is 1. The predicted molar refractivity (Wildman–Crippen MR) is 94.4 cm³/mol. The van der Waals surface area contributed by atoms with Crippen LogP contribution in [-0.2, 0) is 0 Å². The van der Waals surface area contributed by atoms with E-state index in [9.17, 15) is 9.90 Å². The molecule has 0 saturated carbocycles. The van der Waals surface area contributed by atoms with Gasteiger partial charge in [0.15, 0.2) is 0 Å². The van der Waals surface area contributed by atoms with Gasteiger partial charge in [-0.3, -0.25) is 4.79 Å².